The summed E-state index contributed by atoms with van der Waals surface area (Å²) < 4.78 is 21.1. The highest BCUT2D eigenvalue weighted by atomic mass is 16.5. The van der Waals surface area contributed by atoms with Crippen LogP contribution >= 0.6 is 0 Å². The second-order valence-electron chi connectivity index (χ2n) is 5.89. The molecule has 0 bridgehead atoms. The molecule has 1 aliphatic rings. The Balaban J connectivity index is 1.54. The van der Waals surface area contributed by atoms with Crippen LogP contribution in [-0.4, -0.2) is 32.3 Å². The number of hydrogen-bond donors (Lipinski definition) is 0. The largest absolute Gasteiger partial charge is 0.490 e. The predicted molar refractivity (Wildman–Crippen MR) is 98.7 cm³/mol. The lowest BCUT2D eigenvalue weighted by Crippen LogP contribution is -2.03. The molecule has 6 heteroatoms. The van der Waals surface area contributed by atoms with E-state index in [1.54, 1.807) is 30.3 Å². The lowest BCUT2D eigenvalue weighted by atomic mass is 10.1. The van der Waals surface area contributed by atoms with Gasteiger partial charge in [-0.05, 0) is 41.5 Å². The Morgan fingerprint density at radius 1 is 1.04 bits per heavy atom. The summed E-state index contributed by atoms with van der Waals surface area (Å²) in [6.07, 6.45) is 3.87. The molecule has 0 spiro atoms. The van der Waals surface area contributed by atoms with Crippen LogP contribution in [0.3, 0.4) is 0 Å². The third kappa shape index (κ3) is 5.10. The summed E-state index contributed by atoms with van der Waals surface area (Å²) in [5.74, 6) is 0.520. The van der Waals surface area contributed by atoms with Crippen molar-refractivity contribution in [3.8, 4) is 11.5 Å². The van der Waals surface area contributed by atoms with Crippen molar-refractivity contribution in [2.75, 3.05) is 20.3 Å². The summed E-state index contributed by atoms with van der Waals surface area (Å²) in [5, 5.41) is 0. The lowest BCUT2D eigenvalue weighted by molar-refractivity contribution is -0.138. The molecule has 27 heavy (non-hydrogen) atoms. The summed E-state index contributed by atoms with van der Waals surface area (Å²) in [4.78, 5) is 23.3. The summed E-state index contributed by atoms with van der Waals surface area (Å²) in [6, 6.07) is 12.2. The van der Waals surface area contributed by atoms with Crippen molar-refractivity contribution in [1.29, 1.82) is 0 Å². The van der Waals surface area contributed by atoms with Crippen LogP contribution in [0.2, 0.25) is 0 Å². The van der Waals surface area contributed by atoms with Crippen LogP contribution in [-0.2, 0) is 20.9 Å². The number of esters is 2. The number of methoxy groups -OCH3 is 1. The van der Waals surface area contributed by atoms with Gasteiger partial charge in [0.1, 0.15) is 6.61 Å². The molecule has 3 rings (SSSR count). The number of fused-ring (bicyclic) bond motifs is 1. The van der Waals surface area contributed by atoms with Crippen LogP contribution in [0.5, 0.6) is 11.5 Å². The predicted octanol–water partition coefficient (Wildman–Crippen LogP) is 3.39. The van der Waals surface area contributed by atoms with E-state index in [2.05, 4.69) is 4.74 Å². The van der Waals surface area contributed by atoms with E-state index in [0.29, 0.717) is 30.3 Å². The van der Waals surface area contributed by atoms with E-state index in [4.69, 9.17) is 14.2 Å². The molecule has 0 atom stereocenters. The minimum Gasteiger partial charge on any atom is -0.490 e. The molecule has 0 amide bonds. The van der Waals surface area contributed by atoms with Crippen molar-refractivity contribution in [3.05, 3.63) is 65.2 Å². The van der Waals surface area contributed by atoms with E-state index in [9.17, 15) is 9.59 Å². The molecular formula is C21H20O6. The van der Waals surface area contributed by atoms with Crippen molar-refractivity contribution >= 4 is 18.0 Å². The molecule has 2 aromatic rings. The fourth-order valence-electron chi connectivity index (χ4n) is 2.51. The van der Waals surface area contributed by atoms with Gasteiger partial charge >= 0.3 is 11.9 Å². The molecule has 1 heterocycles. The van der Waals surface area contributed by atoms with Crippen molar-refractivity contribution in [3.63, 3.8) is 0 Å². The van der Waals surface area contributed by atoms with Gasteiger partial charge in [0.05, 0.1) is 25.9 Å². The van der Waals surface area contributed by atoms with Crippen molar-refractivity contribution in [2.45, 2.75) is 13.0 Å². The highest BCUT2D eigenvalue weighted by Gasteiger charge is 2.10. The van der Waals surface area contributed by atoms with Gasteiger partial charge < -0.3 is 18.9 Å². The first-order chi connectivity index (χ1) is 13.2. The van der Waals surface area contributed by atoms with E-state index in [1.807, 2.05) is 18.2 Å². The van der Waals surface area contributed by atoms with E-state index in [-0.39, 0.29) is 6.61 Å². The zero-order valence-electron chi connectivity index (χ0n) is 15.0. The molecule has 0 aliphatic carbocycles. The summed E-state index contributed by atoms with van der Waals surface area (Å²) in [5.41, 5.74) is 2.04. The molecule has 0 unspecified atom stereocenters. The topological polar surface area (TPSA) is 71.1 Å². The third-order valence-corrected chi connectivity index (χ3v) is 3.94. The molecule has 140 valence electrons. The fourth-order valence-corrected chi connectivity index (χ4v) is 2.51. The van der Waals surface area contributed by atoms with Crippen molar-refractivity contribution in [2.24, 2.45) is 0 Å². The summed E-state index contributed by atoms with van der Waals surface area (Å²) >= 11 is 0. The second kappa shape index (κ2) is 8.89. The van der Waals surface area contributed by atoms with Gasteiger partial charge in [-0.15, -0.1) is 0 Å². The first-order valence-corrected chi connectivity index (χ1v) is 8.57. The standard InChI is InChI=1S/C21H20O6/c1-24-21(23)17-7-3-16(4-8-17)14-27-20(22)10-6-15-5-9-18-19(13-15)26-12-2-11-25-18/h3-10,13H,2,11-12,14H2,1H3/b10-6+. The zero-order valence-corrected chi connectivity index (χ0v) is 15.0. The molecule has 0 saturated carbocycles. The maximum Gasteiger partial charge on any atom is 0.337 e. The summed E-state index contributed by atoms with van der Waals surface area (Å²) in [6.45, 7) is 1.36. The number of benzene rings is 2. The Labute approximate surface area is 157 Å². The van der Waals surface area contributed by atoms with Gasteiger partial charge in [-0.3, -0.25) is 0 Å². The molecule has 0 fully saturated rings. The molecule has 0 N–H and O–H groups in total. The van der Waals surface area contributed by atoms with E-state index in [1.165, 1.54) is 13.2 Å². The van der Waals surface area contributed by atoms with Crippen LogP contribution in [0.25, 0.3) is 6.08 Å². The maximum absolute atomic E-state index is 11.9. The van der Waals surface area contributed by atoms with Gasteiger partial charge in [0.15, 0.2) is 11.5 Å². The number of ether oxygens (including phenoxy) is 4. The Hall–Kier alpha value is -3.28. The molecule has 6 nitrogen and oxygen atoms in total. The van der Waals surface area contributed by atoms with Gasteiger partial charge in [-0.2, -0.15) is 0 Å². The molecular weight excluding hydrogens is 348 g/mol. The molecule has 0 saturated heterocycles. The van der Waals surface area contributed by atoms with E-state index in [0.717, 1.165) is 17.5 Å². The Morgan fingerprint density at radius 2 is 1.78 bits per heavy atom. The highest BCUT2D eigenvalue weighted by Crippen LogP contribution is 2.30. The molecule has 2 aromatic carbocycles. The lowest BCUT2D eigenvalue weighted by Gasteiger charge is -2.07. The van der Waals surface area contributed by atoms with Crippen molar-refractivity contribution in [1.82, 2.24) is 0 Å². The Morgan fingerprint density at radius 3 is 2.52 bits per heavy atom. The van der Waals surface area contributed by atoms with E-state index >= 15 is 0 Å². The zero-order chi connectivity index (χ0) is 19.1. The third-order valence-electron chi connectivity index (χ3n) is 3.94. The van der Waals surface area contributed by atoms with Crippen LogP contribution in [0.15, 0.2) is 48.5 Å². The number of rotatable bonds is 5. The number of carbonyl (C=O) groups is 2. The smallest absolute Gasteiger partial charge is 0.337 e. The highest BCUT2D eigenvalue weighted by molar-refractivity contribution is 5.89. The quantitative estimate of drug-likeness (QED) is 0.595. The van der Waals surface area contributed by atoms with Crippen LogP contribution < -0.4 is 9.47 Å². The molecule has 0 aromatic heterocycles. The fraction of sp³-hybridized carbons (Fsp3) is 0.238. The van der Waals surface area contributed by atoms with Gasteiger partial charge in [-0.1, -0.05) is 18.2 Å². The first-order valence-electron chi connectivity index (χ1n) is 8.57. The average molecular weight is 368 g/mol. The monoisotopic (exact) mass is 368 g/mol. The van der Waals surface area contributed by atoms with E-state index < -0.39 is 11.9 Å². The number of hydrogen-bond acceptors (Lipinski definition) is 6. The Bertz CT molecular complexity index is 838. The van der Waals surface area contributed by atoms with Gasteiger partial charge in [-0.25, -0.2) is 9.59 Å². The normalized spacial score (nSPS) is 13.1. The molecule has 1 aliphatic heterocycles. The molecule has 0 radical (unpaired) electrons. The van der Waals surface area contributed by atoms with Crippen LogP contribution in [0.4, 0.5) is 0 Å². The van der Waals surface area contributed by atoms with Gasteiger partial charge in [0.25, 0.3) is 0 Å². The average Bonchev–Trinajstić information content (AvgIpc) is 2.95. The van der Waals surface area contributed by atoms with Gasteiger partial charge in [0.2, 0.25) is 0 Å². The minimum atomic E-state index is -0.459. The van der Waals surface area contributed by atoms with Crippen molar-refractivity contribution < 1.29 is 28.5 Å². The Kier molecular flexibility index (Phi) is 6.10. The minimum absolute atomic E-state index is 0.117. The number of carbonyl (C=O) groups excluding carboxylic acids is 2. The van der Waals surface area contributed by atoms with Crippen LogP contribution in [0, 0.1) is 0 Å². The first kappa shape index (κ1) is 18.5. The SMILES string of the molecule is COC(=O)c1ccc(COC(=O)/C=C/c2ccc3c(c2)OCCCO3)cc1. The van der Waals surface area contributed by atoms with Crippen LogP contribution in [0.1, 0.15) is 27.9 Å². The second-order valence-corrected chi connectivity index (χ2v) is 5.89. The van der Waals surface area contributed by atoms with Gasteiger partial charge in [0, 0.05) is 12.5 Å². The summed E-state index contributed by atoms with van der Waals surface area (Å²) in [7, 11) is 1.33. The maximum atomic E-state index is 11.9.